The van der Waals surface area contributed by atoms with Crippen molar-refractivity contribution in [1.82, 2.24) is 0 Å². The largest absolute Gasteiger partial charge is 0.486 e. The van der Waals surface area contributed by atoms with Crippen LogP contribution in [0.5, 0.6) is 11.5 Å². The van der Waals surface area contributed by atoms with Crippen molar-refractivity contribution in [2.75, 3.05) is 19.5 Å². The Morgan fingerprint density at radius 2 is 1.79 bits per heavy atom. The number of carbonyl (C=O) groups is 1. The van der Waals surface area contributed by atoms with E-state index in [1.165, 1.54) is 19.1 Å². The number of rotatable bonds is 3. The van der Waals surface area contributed by atoms with Crippen LogP contribution in [0.4, 0.5) is 0 Å². The van der Waals surface area contributed by atoms with Gasteiger partial charge in [0.05, 0.1) is 5.02 Å². The molecule has 0 fully saturated rings. The smallest absolute Gasteiger partial charge is 0.182 e. The average molecular weight is 305 g/mol. The summed E-state index contributed by atoms with van der Waals surface area (Å²) in [5.74, 6) is 0.309. The lowest BCUT2D eigenvalue weighted by Crippen LogP contribution is -2.27. The quantitative estimate of drug-likeness (QED) is 0.795. The van der Waals surface area contributed by atoms with Crippen molar-refractivity contribution < 1.29 is 22.7 Å². The number of hydrogen-bond donors (Lipinski definition) is 0. The summed E-state index contributed by atoms with van der Waals surface area (Å²) in [4.78, 5) is 12.1. The molecule has 1 atom stereocenters. The summed E-state index contributed by atoms with van der Waals surface area (Å²) in [6.07, 6.45) is 1.02. The van der Waals surface area contributed by atoms with Crippen LogP contribution in [0.3, 0.4) is 0 Å². The van der Waals surface area contributed by atoms with Gasteiger partial charge < -0.3 is 9.47 Å². The van der Waals surface area contributed by atoms with Crippen LogP contribution in [-0.4, -0.2) is 38.9 Å². The fourth-order valence-electron chi connectivity index (χ4n) is 1.67. The van der Waals surface area contributed by atoms with Crippen LogP contribution in [0.2, 0.25) is 5.02 Å². The molecule has 1 aliphatic rings. The van der Waals surface area contributed by atoms with Gasteiger partial charge in [-0.1, -0.05) is 11.6 Å². The van der Waals surface area contributed by atoms with E-state index < -0.39 is 20.9 Å². The zero-order valence-corrected chi connectivity index (χ0v) is 12.0. The van der Waals surface area contributed by atoms with Gasteiger partial charge in [0.2, 0.25) is 0 Å². The van der Waals surface area contributed by atoms with E-state index in [9.17, 15) is 13.2 Å². The molecule has 0 saturated carbocycles. The van der Waals surface area contributed by atoms with Gasteiger partial charge in [-0.3, -0.25) is 4.79 Å². The van der Waals surface area contributed by atoms with E-state index in [0.29, 0.717) is 24.7 Å². The van der Waals surface area contributed by atoms with Crippen molar-refractivity contribution in [3.63, 3.8) is 0 Å². The van der Waals surface area contributed by atoms with Gasteiger partial charge >= 0.3 is 0 Å². The number of ketones is 1. The lowest BCUT2D eigenvalue weighted by atomic mass is 10.1. The third-order valence-electron chi connectivity index (χ3n) is 2.91. The molecule has 1 aliphatic heterocycles. The lowest BCUT2D eigenvalue weighted by molar-refractivity contribution is 0.0990. The molecule has 2 rings (SSSR count). The fraction of sp³-hybridized carbons (Fsp3) is 0.417. The zero-order chi connectivity index (χ0) is 14.2. The lowest BCUT2D eigenvalue weighted by Gasteiger charge is -2.20. The van der Waals surface area contributed by atoms with Crippen LogP contribution in [0.1, 0.15) is 17.3 Å². The Labute approximate surface area is 116 Å². The van der Waals surface area contributed by atoms with Crippen LogP contribution in [0.25, 0.3) is 0 Å². The van der Waals surface area contributed by atoms with Gasteiger partial charge in [-0.15, -0.1) is 0 Å². The highest BCUT2D eigenvalue weighted by molar-refractivity contribution is 7.92. The summed E-state index contributed by atoms with van der Waals surface area (Å²) >= 11 is 6.00. The Morgan fingerprint density at radius 1 is 1.26 bits per heavy atom. The Balaban J connectivity index is 2.43. The molecule has 0 radical (unpaired) electrons. The van der Waals surface area contributed by atoms with Gasteiger partial charge in [-0.05, 0) is 13.0 Å². The van der Waals surface area contributed by atoms with E-state index in [-0.39, 0.29) is 10.6 Å². The summed E-state index contributed by atoms with van der Waals surface area (Å²) < 4.78 is 33.5. The van der Waals surface area contributed by atoms with Crippen molar-refractivity contribution in [2.24, 2.45) is 0 Å². The number of ether oxygens (including phenoxy) is 2. The molecular weight excluding hydrogens is 292 g/mol. The number of Topliss-reactive ketones (excluding diaryl/α,β-unsaturated/α-hetero) is 1. The Bertz CT molecular complexity index is 623. The van der Waals surface area contributed by atoms with Crippen LogP contribution in [-0.2, 0) is 9.84 Å². The van der Waals surface area contributed by atoms with Crippen LogP contribution in [0, 0.1) is 0 Å². The maximum absolute atomic E-state index is 12.1. The van der Waals surface area contributed by atoms with Crippen molar-refractivity contribution in [2.45, 2.75) is 12.2 Å². The highest BCUT2D eigenvalue weighted by Gasteiger charge is 2.28. The van der Waals surface area contributed by atoms with Gasteiger partial charge in [0.25, 0.3) is 0 Å². The van der Waals surface area contributed by atoms with E-state index in [2.05, 4.69) is 0 Å². The van der Waals surface area contributed by atoms with Gasteiger partial charge in [0.1, 0.15) is 18.5 Å². The standard InChI is InChI=1S/C12H13ClO5S/c1-7(19(2,15)16)12(14)8-5-10-11(6-9(8)13)18-4-3-17-10/h5-7H,3-4H2,1-2H3. The molecular formula is C12H13ClO5S. The third kappa shape index (κ3) is 2.84. The maximum Gasteiger partial charge on any atom is 0.182 e. The predicted molar refractivity (Wildman–Crippen MR) is 71.1 cm³/mol. The van der Waals surface area contributed by atoms with Gasteiger partial charge in [0, 0.05) is 17.9 Å². The molecule has 5 nitrogen and oxygen atoms in total. The summed E-state index contributed by atoms with van der Waals surface area (Å²) in [7, 11) is -3.47. The molecule has 1 aromatic rings. The second-order valence-electron chi connectivity index (χ2n) is 4.31. The number of sulfone groups is 1. The van der Waals surface area contributed by atoms with Crippen LogP contribution >= 0.6 is 11.6 Å². The van der Waals surface area contributed by atoms with E-state index in [1.54, 1.807) is 0 Å². The molecule has 0 saturated heterocycles. The molecule has 1 heterocycles. The zero-order valence-electron chi connectivity index (χ0n) is 10.5. The maximum atomic E-state index is 12.1. The summed E-state index contributed by atoms with van der Waals surface area (Å²) in [5, 5.41) is -0.989. The number of fused-ring (bicyclic) bond motifs is 1. The third-order valence-corrected chi connectivity index (χ3v) is 4.72. The molecule has 0 aromatic heterocycles. The minimum Gasteiger partial charge on any atom is -0.486 e. The fourth-order valence-corrected chi connectivity index (χ4v) is 2.43. The summed E-state index contributed by atoms with van der Waals surface area (Å²) in [5.41, 5.74) is 0.129. The van der Waals surface area contributed by atoms with E-state index >= 15 is 0 Å². The molecule has 1 aromatic carbocycles. The highest BCUT2D eigenvalue weighted by Crippen LogP contribution is 2.36. The molecule has 19 heavy (non-hydrogen) atoms. The molecule has 0 spiro atoms. The van der Waals surface area contributed by atoms with Gasteiger partial charge in [0.15, 0.2) is 27.1 Å². The second kappa shape index (κ2) is 5.02. The van der Waals surface area contributed by atoms with Crippen molar-refractivity contribution in [1.29, 1.82) is 0 Å². The summed E-state index contributed by atoms with van der Waals surface area (Å²) in [6.45, 7) is 2.13. The molecule has 0 aliphatic carbocycles. The SMILES string of the molecule is CC(C(=O)c1cc2c(cc1Cl)OCCO2)S(C)(=O)=O. The van der Waals surface area contributed by atoms with Crippen molar-refractivity contribution >= 4 is 27.2 Å². The first-order valence-electron chi connectivity index (χ1n) is 5.63. The minimum atomic E-state index is -3.47. The van der Waals surface area contributed by atoms with E-state index in [1.807, 2.05) is 0 Å². The van der Waals surface area contributed by atoms with Crippen molar-refractivity contribution in [3.05, 3.63) is 22.7 Å². The molecule has 0 amide bonds. The predicted octanol–water partition coefficient (Wildman–Crippen LogP) is 1.73. The number of hydrogen-bond acceptors (Lipinski definition) is 5. The van der Waals surface area contributed by atoms with Crippen LogP contribution in [0.15, 0.2) is 12.1 Å². The minimum absolute atomic E-state index is 0.129. The van der Waals surface area contributed by atoms with E-state index in [0.717, 1.165) is 6.26 Å². The molecule has 0 bridgehead atoms. The first-order chi connectivity index (χ1) is 8.80. The number of carbonyl (C=O) groups excluding carboxylic acids is 1. The highest BCUT2D eigenvalue weighted by atomic mass is 35.5. The normalized spacial score (nSPS) is 15.9. The first kappa shape index (κ1) is 14.1. The van der Waals surface area contributed by atoms with E-state index in [4.69, 9.17) is 21.1 Å². The molecule has 0 N–H and O–H groups in total. The Hall–Kier alpha value is -1.27. The first-order valence-corrected chi connectivity index (χ1v) is 7.96. The Morgan fingerprint density at radius 3 is 2.32 bits per heavy atom. The number of halogens is 1. The van der Waals surface area contributed by atoms with Crippen LogP contribution < -0.4 is 9.47 Å². The molecule has 104 valence electrons. The number of benzene rings is 1. The second-order valence-corrected chi connectivity index (χ2v) is 7.09. The topological polar surface area (TPSA) is 69.7 Å². The molecule has 1 unspecified atom stereocenters. The Kier molecular flexibility index (Phi) is 3.73. The van der Waals surface area contributed by atoms with Crippen molar-refractivity contribution in [3.8, 4) is 11.5 Å². The molecule has 7 heteroatoms. The summed E-state index contributed by atoms with van der Waals surface area (Å²) in [6, 6.07) is 2.90. The monoisotopic (exact) mass is 304 g/mol. The van der Waals surface area contributed by atoms with Gasteiger partial charge in [-0.25, -0.2) is 8.42 Å². The average Bonchev–Trinajstić information content (AvgIpc) is 2.35. The van der Waals surface area contributed by atoms with Gasteiger partial charge in [-0.2, -0.15) is 0 Å².